The summed E-state index contributed by atoms with van der Waals surface area (Å²) >= 11 is 0. The van der Waals surface area contributed by atoms with Crippen molar-refractivity contribution in [3.63, 3.8) is 0 Å². The van der Waals surface area contributed by atoms with Gasteiger partial charge < -0.3 is 10.4 Å². The number of amides is 1. The standard InChI is InChI=1S/C25H22N2O4S/c28-24-13-7-6-12-22(24)26-25(29)23(16-18-8-2-1-3-9-18)27-32(30,31)21-15-14-19-10-4-5-11-20(19)17-21/h1-15,17,23,27-28H,16H2,(H,26,29)/t23-/m0/s1. The first-order chi connectivity index (χ1) is 15.4. The molecule has 0 aliphatic heterocycles. The van der Waals surface area contributed by atoms with Gasteiger partial charge in [0.25, 0.3) is 0 Å². The number of hydrogen-bond donors (Lipinski definition) is 3. The molecule has 0 aromatic heterocycles. The van der Waals surface area contributed by atoms with Crippen LogP contribution >= 0.6 is 0 Å². The third kappa shape index (κ3) is 4.96. The van der Waals surface area contributed by atoms with Crippen LogP contribution in [0.5, 0.6) is 5.75 Å². The van der Waals surface area contributed by atoms with Crippen LogP contribution in [-0.4, -0.2) is 25.5 Å². The Balaban J connectivity index is 1.63. The summed E-state index contributed by atoms with van der Waals surface area (Å²) in [5.74, 6) is -0.670. The van der Waals surface area contributed by atoms with Crippen LogP contribution < -0.4 is 10.0 Å². The molecular formula is C25H22N2O4S. The highest BCUT2D eigenvalue weighted by atomic mass is 32.2. The van der Waals surface area contributed by atoms with Gasteiger partial charge in [-0.15, -0.1) is 0 Å². The molecule has 0 heterocycles. The summed E-state index contributed by atoms with van der Waals surface area (Å²) in [6, 6.07) is 26.6. The predicted molar refractivity (Wildman–Crippen MR) is 125 cm³/mol. The van der Waals surface area contributed by atoms with Crippen LogP contribution in [0.4, 0.5) is 5.69 Å². The number of rotatable bonds is 7. The number of hydrogen-bond acceptors (Lipinski definition) is 4. The third-order valence-electron chi connectivity index (χ3n) is 5.09. The van der Waals surface area contributed by atoms with E-state index < -0.39 is 22.0 Å². The molecule has 4 rings (SSSR count). The maximum Gasteiger partial charge on any atom is 0.243 e. The first-order valence-corrected chi connectivity index (χ1v) is 11.5. The number of carbonyl (C=O) groups excluding carboxylic acids is 1. The molecule has 0 aliphatic carbocycles. The molecule has 0 saturated carbocycles. The Hall–Kier alpha value is -3.68. The number of nitrogens with one attached hydrogen (secondary N) is 2. The zero-order valence-electron chi connectivity index (χ0n) is 17.1. The lowest BCUT2D eigenvalue weighted by atomic mass is 10.1. The number of benzene rings is 4. The van der Waals surface area contributed by atoms with Gasteiger partial charge >= 0.3 is 0 Å². The molecule has 4 aromatic carbocycles. The highest BCUT2D eigenvalue weighted by Crippen LogP contribution is 2.23. The van der Waals surface area contributed by atoms with E-state index in [-0.39, 0.29) is 22.8 Å². The largest absolute Gasteiger partial charge is 0.506 e. The number of phenols is 1. The molecule has 0 radical (unpaired) electrons. The molecule has 0 fully saturated rings. The quantitative estimate of drug-likeness (QED) is 0.373. The average Bonchev–Trinajstić information content (AvgIpc) is 2.80. The van der Waals surface area contributed by atoms with Gasteiger partial charge in [0.1, 0.15) is 11.8 Å². The van der Waals surface area contributed by atoms with Gasteiger partial charge in [-0.1, -0.05) is 72.8 Å². The molecule has 3 N–H and O–H groups in total. The fourth-order valence-corrected chi connectivity index (χ4v) is 4.66. The van der Waals surface area contributed by atoms with Gasteiger partial charge in [0.05, 0.1) is 10.6 Å². The topological polar surface area (TPSA) is 95.5 Å². The van der Waals surface area contributed by atoms with Gasteiger partial charge in [-0.05, 0) is 47.0 Å². The van der Waals surface area contributed by atoms with E-state index in [0.717, 1.165) is 16.3 Å². The summed E-state index contributed by atoms with van der Waals surface area (Å²) in [5.41, 5.74) is 1.01. The van der Waals surface area contributed by atoms with Gasteiger partial charge in [0, 0.05) is 0 Å². The van der Waals surface area contributed by atoms with Gasteiger partial charge in [-0.25, -0.2) is 8.42 Å². The van der Waals surface area contributed by atoms with Crippen LogP contribution in [0.2, 0.25) is 0 Å². The molecule has 1 amide bonds. The number of para-hydroxylation sites is 2. The lowest BCUT2D eigenvalue weighted by Crippen LogP contribution is -2.45. The van der Waals surface area contributed by atoms with Crippen LogP contribution in [-0.2, 0) is 21.2 Å². The molecule has 32 heavy (non-hydrogen) atoms. The molecule has 4 aromatic rings. The molecule has 1 atom stereocenters. The van der Waals surface area contributed by atoms with E-state index in [1.54, 1.807) is 30.3 Å². The number of sulfonamides is 1. The second-order valence-electron chi connectivity index (χ2n) is 7.38. The van der Waals surface area contributed by atoms with E-state index >= 15 is 0 Å². The SMILES string of the molecule is O=C(Nc1ccccc1O)[C@H](Cc1ccccc1)NS(=O)(=O)c1ccc2ccccc2c1. The van der Waals surface area contributed by atoms with Gasteiger partial charge in [-0.2, -0.15) is 4.72 Å². The third-order valence-corrected chi connectivity index (χ3v) is 6.56. The molecule has 0 unspecified atom stereocenters. The number of anilines is 1. The first kappa shape index (κ1) is 21.5. The fraction of sp³-hybridized carbons (Fsp3) is 0.0800. The Labute approximate surface area is 186 Å². The number of phenolic OH excluding ortho intramolecular Hbond substituents is 1. The number of fused-ring (bicyclic) bond motifs is 1. The highest BCUT2D eigenvalue weighted by molar-refractivity contribution is 7.89. The summed E-state index contributed by atoms with van der Waals surface area (Å²) in [5, 5.41) is 14.3. The van der Waals surface area contributed by atoms with Gasteiger partial charge in [-0.3, -0.25) is 4.79 Å². The van der Waals surface area contributed by atoms with Crippen molar-refractivity contribution in [3.05, 3.63) is 103 Å². The van der Waals surface area contributed by atoms with E-state index in [0.29, 0.717) is 0 Å². The Bertz CT molecular complexity index is 1350. The average molecular weight is 447 g/mol. The van der Waals surface area contributed by atoms with Crippen LogP contribution in [0.15, 0.2) is 102 Å². The van der Waals surface area contributed by atoms with E-state index in [1.165, 1.54) is 12.1 Å². The van der Waals surface area contributed by atoms with Crippen molar-refractivity contribution >= 4 is 32.4 Å². The van der Waals surface area contributed by atoms with E-state index in [1.807, 2.05) is 54.6 Å². The highest BCUT2D eigenvalue weighted by Gasteiger charge is 2.27. The molecule has 0 spiro atoms. The summed E-state index contributed by atoms with van der Waals surface area (Å²) in [7, 11) is -3.99. The molecule has 6 nitrogen and oxygen atoms in total. The van der Waals surface area contributed by atoms with Crippen molar-refractivity contribution in [2.75, 3.05) is 5.32 Å². The van der Waals surface area contributed by atoms with Crippen LogP contribution in [0.25, 0.3) is 10.8 Å². The smallest absolute Gasteiger partial charge is 0.243 e. The number of carbonyl (C=O) groups is 1. The zero-order chi connectivity index (χ0) is 22.6. The molecule has 0 aliphatic rings. The van der Waals surface area contributed by atoms with E-state index in [2.05, 4.69) is 10.0 Å². The van der Waals surface area contributed by atoms with E-state index in [9.17, 15) is 18.3 Å². The van der Waals surface area contributed by atoms with Crippen molar-refractivity contribution in [2.45, 2.75) is 17.4 Å². The van der Waals surface area contributed by atoms with E-state index in [4.69, 9.17) is 0 Å². The maximum absolute atomic E-state index is 13.2. The molecular weight excluding hydrogens is 424 g/mol. The second kappa shape index (κ2) is 9.21. The zero-order valence-corrected chi connectivity index (χ0v) is 17.9. The second-order valence-corrected chi connectivity index (χ2v) is 9.09. The molecule has 162 valence electrons. The fourth-order valence-electron chi connectivity index (χ4n) is 3.43. The first-order valence-electron chi connectivity index (χ1n) is 10.1. The monoisotopic (exact) mass is 446 g/mol. The summed E-state index contributed by atoms with van der Waals surface area (Å²) in [6.07, 6.45) is 0.146. The Morgan fingerprint density at radius 3 is 2.22 bits per heavy atom. The minimum Gasteiger partial charge on any atom is -0.506 e. The normalized spacial score (nSPS) is 12.4. The minimum atomic E-state index is -3.99. The lowest BCUT2D eigenvalue weighted by molar-refractivity contribution is -0.117. The van der Waals surface area contributed by atoms with Gasteiger partial charge in [0.2, 0.25) is 15.9 Å². The van der Waals surface area contributed by atoms with Crippen molar-refractivity contribution in [3.8, 4) is 5.75 Å². The number of aromatic hydroxyl groups is 1. The van der Waals surface area contributed by atoms with Gasteiger partial charge in [0.15, 0.2) is 0 Å². The van der Waals surface area contributed by atoms with Crippen molar-refractivity contribution < 1.29 is 18.3 Å². The predicted octanol–water partition coefficient (Wildman–Crippen LogP) is 4.07. The lowest BCUT2D eigenvalue weighted by Gasteiger charge is -2.19. The molecule has 0 saturated heterocycles. The molecule has 7 heteroatoms. The Morgan fingerprint density at radius 1 is 0.812 bits per heavy atom. The van der Waals surface area contributed by atoms with Crippen molar-refractivity contribution in [1.29, 1.82) is 0 Å². The summed E-state index contributed by atoms with van der Waals surface area (Å²) < 4.78 is 28.9. The van der Waals surface area contributed by atoms with Crippen LogP contribution in [0, 0.1) is 0 Å². The van der Waals surface area contributed by atoms with Crippen LogP contribution in [0.3, 0.4) is 0 Å². The van der Waals surface area contributed by atoms with Crippen molar-refractivity contribution in [2.24, 2.45) is 0 Å². The van der Waals surface area contributed by atoms with Crippen LogP contribution in [0.1, 0.15) is 5.56 Å². The molecule has 0 bridgehead atoms. The summed E-state index contributed by atoms with van der Waals surface area (Å²) in [6.45, 7) is 0. The minimum absolute atomic E-state index is 0.0737. The van der Waals surface area contributed by atoms with Crippen molar-refractivity contribution in [1.82, 2.24) is 4.72 Å². The summed E-state index contributed by atoms with van der Waals surface area (Å²) in [4.78, 5) is 13.1. The maximum atomic E-state index is 13.2. The Kier molecular flexibility index (Phi) is 6.20. The Morgan fingerprint density at radius 2 is 1.47 bits per heavy atom.